The van der Waals surface area contributed by atoms with Crippen molar-refractivity contribution in [3.8, 4) is 0 Å². The molecule has 0 aliphatic carbocycles. The maximum absolute atomic E-state index is 13.8. The zero-order chi connectivity index (χ0) is 15.4. The van der Waals surface area contributed by atoms with E-state index in [-0.39, 0.29) is 5.56 Å². The van der Waals surface area contributed by atoms with Gasteiger partial charge in [0.25, 0.3) is 0 Å². The van der Waals surface area contributed by atoms with Crippen LogP contribution in [0.1, 0.15) is 44.7 Å². The molecule has 2 rings (SSSR count). The van der Waals surface area contributed by atoms with E-state index in [1.165, 1.54) is 12.5 Å². The zero-order valence-corrected chi connectivity index (χ0v) is 13.0. The van der Waals surface area contributed by atoms with Gasteiger partial charge in [-0.05, 0) is 50.3 Å². The SMILES string of the molecule is CC(C)C1CCCN(CC(N)c2cccc(F)c2F)CC1. The molecule has 1 aliphatic heterocycles. The van der Waals surface area contributed by atoms with E-state index in [2.05, 4.69) is 18.7 Å². The standard InChI is InChI=1S/C17H26F2N2/c1-12(2)13-5-4-9-21(10-8-13)11-16(20)14-6-3-7-15(18)17(14)19/h3,6-7,12-13,16H,4-5,8-11,20H2,1-2H3. The molecular formula is C17H26F2N2. The minimum Gasteiger partial charge on any atom is -0.323 e. The third kappa shape index (κ3) is 4.24. The van der Waals surface area contributed by atoms with E-state index in [0.717, 1.165) is 37.9 Å². The molecule has 1 aliphatic rings. The summed E-state index contributed by atoms with van der Waals surface area (Å²) in [5.74, 6) is -0.157. The van der Waals surface area contributed by atoms with Gasteiger partial charge in [0.15, 0.2) is 11.6 Å². The topological polar surface area (TPSA) is 29.3 Å². The van der Waals surface area contributed by atoms with Crippen LogP contribution in [-0.4, -0.2) is 24.5 Å². The highest BCUT2D eigenvalue weighted by atomic mass is 19.2. The highest BCUT2D eigenvalue weighted by molar-refractivity contribution is 5.22. The van der Waals surface area contributed by atoms with Crippen LogP contribution in [-0.2, 0) is 0 Å². The fourth-order valence-corrected chi connectivity index (χ4v) is 3.21. The summed E-state index contributed by atoms with van der Waals surface area (Å²) in [5.41, 5.74) is 6.37. The monoisotopic (exact) mass is 296 g/mol. The molecule has 0 spiro atoms. The van der Waals surface area contributed by atoms with E-state index in [0.29, 0.717) is 12.5 Å². The molecule has 1 fully saturated rings. The lowest BCUT2D eigenvalue weighted by Crippen LogP contribution is -2.33. The lowest BCUT2D eigenvalue weighted by Gasteiger charge is -2.25. The van der Waals surface area contributed by atoms with Crippen LogP contribution in [0.2, 0.25) is 0 Å². The third-order valence-corrected chi connectivity index (χ3v) is 4.64. The van der Waals surface area contributed by atoms with Crippen molar-refractivity contribution in [2.24, 2.45) is 17.6 Å². The number of benzene rings is 1. The maximum atomic E-state index is 13.8. The first-order valence-electron chi connectivity index (χ1n) is 7.91. The van der Waals surface area contributed by atoms with E-state index in [1.54, 1.807) is 6.07 Å². The number of halogens is 2. The van der Waals surface area contributed by atoms with Gasteiger partial charge in [-0.3, -0.25) is 0 Å². The van der Waals surface area contributed by atoms with Gasteiger partial charge in [-0.25, -0.2) is 8.78 Å². The number of hydrogen-bond acceptors (Lipinski definition) is 2. The van der Waals surface area contributed by atoms with Gasteiger partial charge in [0.05, 0.1) is 0 Å². The number of rotatable bonds is 4. The lowest BCUT2D eigenvalue weighted by atomic mass is 9.89. The van der Waals surface area contributed by atoms with Crippen LogP contribution >= 0.6 is 0 Å². The number of nitrogens with zero attached hydrogens (tertiary/aromatic N) is 1. The Morgan fingerprint density at radius 3 is 2.71 bits per heavy atom. The summed E-state index contributed by atoms with van der Waals surface area (Å²) in [5, 5.41) is 0. The molecule has 0 radical (unpaired) electrons. The van der Waals surface area contributed by atoms with Crippen LogP contribution in [0.25, 0.3) is 0 Å². The predicted octanol–water partition coefficient (Wildman–Crippen LogP) is 3.72. The van der Waals surface area contributed by atoms with Crippen molar-refractivity contribution in [2.45, 2.75) is 39.2 Å². The van der Waals surface area contributed by atoms with Crippen LogP contribution < -0.4 is 5.73 Å². The van der Waals surface area contributed by atoms with Gasteiger partial charge in [0, 0.05) is 18.2 Å². The molecule has 1 heterocycles. The Morgan fingerprint density at radius 2 is 2.00 bits per heavy atom. The summed E-state index contributed by atoms with van der Waals surface area (Å²) in [7, 11) is 0. The van der Waals surface area contributed by atoms with Crippen LogP contribution in [0.4, 0.5) is 8.78 Å². The number of nitrogens with two attached hydrogens (primary N) is 1. The molecule has 1 aromatic carbocycles. The Labute approximate surface area is 126 Å². The molecule has 0 saturated carbocycles. The second-order valence-electron chi connectivity index (χ2n) is 6.49. The second-order valence-corrected chi connectivity index (χ2v) is 6.49. The van der Waals surface area contributed by atoms with Crippen LogP contribution in [0, 0.1) is 23.5 Å². The fourth-order valence-electron chi connectivity index (χ4n) is 3.21. The summed E-state index contributed by atoms with van der Waals surface area (Å²) in [6.07, 6.45) is 3.56. The van der Waals surface area contributed by atoms with Crippen LogP contribution in [0.15, 0.2) is 18.2 Å². The minimum absolute atomic E-state index is 0.277. The van der Waals surface area contributed by atoms with Gasteiger partial charge in [-0.1, -0.05) is 26.0 Å². The molecule has 2 unspecified atom stereocenters. The van der Waals surface area contributed by atoms with Crippen molar-refractivity contribution in [3.05, 3.63) is 35.4 Å². The Balaban J connectivity index is 1.96. The normalized spacial score (nSPS) is 22.3. The van der Waals surface area contributed by atoms with Gasteiger partial charge in [-0.2, -0.15) is 0 Å². The summed E-state index contributed by atoms with van der Waals surface area (Å²) < 4.78 is 27.1. The molecule has 0 bridgehead atoms. The Bertz CT molecular complexity index is 462. The number of likely N-dealkylation sites (tertiary alicyclic amines) is 1. The van der Waals surface area contributed by atoms with Crippen molar-refractivity contribution < 1.29 is 8.78 Å². The van der Waals surface area contributed by atoms with E-state index in [1.807, 2.05) is 0 Å². The molecular weight excluding hydrogens is 270 g/mol. The smallest absolute Gasteiger partial charge is 0.163 e. The van der Waals surface area contributed by atoms with E-state index < -0.39 is 17.7 Å². The Hall–Kier alpha value is -1.00. The largest absolute Gasteiger partial charge is 0.323 e. The van der Waals surface area contributed by atoms with Crippen molar-refractivity contribution in [2.75, 3.05) is 19.6 Å². The first-order valence-corrected chi connectivity index (χ1v) is 7.91. The van der Waals surface area contributed by atoms with Crippen LogP contribution in [0.5, 0.6) is 0 Å². The van der Waals surface area contributed by atoms with Crippen LogP contribution in [0.3, 0.4) is 0 Å². The van der Waals surface area contributed by atoms with Gasteiger partial charge >= 0.3 is 0 Å². The first-order chi connectivity index (χ1) is 9.99. The molecule has 0 amide bonds. The predicted molar refractivity (Wildman–Crippen MR) is 81.9 cm³/mol. The third-order valence-electron chi connectivity index (χ3n) is 4.64. The average molecular weight is 296 g/mol. The molecule has 4 heteroatoms. The summed E-state index contributed by atoms with van der Waals surface area (Å²) in [4.78, 5) is 2.29. The molecule has 21 heavy (non-hydrogen) atoms. The van der Waals surface area contributed by atoms with Gasteiger partial charge in [0.1, 0.15) is 0 Å². The molecule has 0 aromatic heterocycles. The zero-order valence-electron chi connectivity index (χ0n) is 13.0. The van der Waals surface area contributed by atoms with Crippen molar-refractivity contribution >= 4 is 0 Å². The van der Waals surface area contributed by atoms with E-state index in [9.17, 15) is 8.78 Å². The van der Waals surface area contributed by atoms with Gasteiger partial charge < -0.3 is 10.6 Å². The van der Waals surface area contributed by atoms with Crippen molar-refractivity contribution in [1.29, 1.82) is 0 Å². The van der Waals surface area contributed by atoms with E-state index >= 15 is 0 Å². The fraction of sp³-hybridized carbons (Fsp3) is 0.647. The summed E-state index contributed by atoms with van der Waals surface area (Å²) >= 11 is 0. The summed E-state index contributed by atoms with van der Waals surface area (Å²) in [6.45, 7) is 7.12. The Kier molecular flexibility index (Phi) is 5.71. The quantitative estimate of drug-likeness (QED) is 0.917. The molecule has 2 atom stereocenters. The van der Waals surface area contributed by atoms with Crippen molar-refractivity contribution in [3.63, 3.8) is 0 Å². The van der Waals surface area contributed by atoms with E-state index in [4.69, 9.17) is 5.73 Å². The number of hydrogen-bond donors (Lipinski definition) is 1. The highest BCUT2D eigenvalue weighted by Gasteiger charge is 2.22. The first kappa shape index (κ1) is 16.4. The van der Waals surface area contributed by atoms with Gasteiger partial charge in [0.2, 0.25) is 0 Å². The molecule has 1 saturated heterocycles. The molecule has 2 nitrogen and oxygen atoms in total. The second kappa shape index (κ2) is 7.32. The highest BCUT2D eigenvalue weighted by Crippen LogP contribution is 2.26. The molecule has 1 aromatic rings. The lowest BCUT2D eigenvalue weighted by molar-refractivity contribution is 0.255. The summed E-state index contributed by atoms with van der Waals surface area (Å²) in [6, 6.07) is 3.75. The molecule has 118 valence electrons. The maximum Gasteiger partial charge on any atom is 0.163 e. The average Bonchev–Trinajstić information content (AvgIpc) is 2.67. The minimum atomic E-state index is -0.821. The molecule has 2 N–H and O–H groups in total. The Morgan fingerprint density at radius 1 is 1.24 bits per heavy atom. The van der Waals surface area contributed by atoms with Crippen molar-refractivity contribution in [1.82, 2.24) is 4.90 Å². The van der Waals surface area contributed by atoms with Gasteiger partial charge in [-0.15, -0.1) is 0 Å².